The Morgan fingerprint density at radius 3 is 2.62 bits per heavy atom. The normalized spacial score (nSPS) is 14.9. The second-order valence-corrected chi connectivity index (χ2v) is 6.22. The molecular formula is C11H12BrNOS2. The maximum Gasteiger partial charge on any atom is 0.0981 e. The van der Waals surface area contributed by atoms with Crippen LogP contribution in [0, 0.1) is 0 Å². The van der Waals surface area contributed by atoms with E-state index in [1.165, 1.54) is 0 Å². The molecule has 0 amide bonds. The van der Waals surface area contributed by atoms with Crippen molar-refractivity contribution in [3.05, 3.63) is 43.2 Å². The van der Waals surface area contributed by atoms with Crippen LogP contribution in [0.5, 0.6) is 0 Å². The molecule has 2 nitrogen and oxygen atoms in total. The number of aliphatic hydroxyl groups is 1. The predicted molar refractivity (Wildman–Crippen MR) is 73.1 cm³/mol. The zero-order valence-electron chi connectivity index (χ0n) is 8.47. The summed E-state index contributed by atoms with van der Waals surface area (Å²) in [6.45, 7) is 0.450. The highest BCUT2D eigenvalue weighted by Crippen LogP contribution is 2.38. The third kappa shape index (κ3) is 2.38. The van der Waals surface area contributed by atoms with Crippen LogP contribution in [-0.2, 0) is 0 Å². The van der Waals surface area contributed by atoms with Gasteiger partial charge in [0.25, 0.3) is 0 Å². The lowest BCUT2D eigenvalue weighted by Crippen LogP contribution is -2.18. The van der Waals surface area contributed by atoms with E-state index in [0.717, 1.165) is 14.2 Å². The molecule has 5 heteroatoms. The van der Waals surface area contributed by atoms with Gasteiger partial charge in [0.2, 0.25) is 0 Å². The van der Waals surface area contributed by atoms with E-state index < -0.39 is 6.10 Å². The number of halogens is 1. The fraction of sp³-hybridized carbons (Fsp3) is 0.273. The molecule has 2 heterocycles. The van der Waals surface area contributed by atoms with Gasteiger partial charge in [-0.25, -0.2) is 0 Å². The van der Waals surface area contributed by atoms with E-state index in [2.05, 4.69) is 15.9 Å². The quantitative estimate of drug-likeness (QED) is 0.908. The van der Waals surface area contributed by atoms with Crippen molar-refractivity contribution in [2.45, 2.75) is 12.0 Å². The topological polar surface area (TPSA) is 46.2 Å². The highest BCUT2D eigenvalue weighted by atomic mass is 79.9. The first-order chi connectivity index (χ1) is 7.74. The summed E-state index contributed by atoms with van der Waals surface area (Å²) in [5, 5.41) is 14.3. The lowest BCUT2D eigenvalue weighted by Gasteiger charge is -2.19. The molecule has 0 aliphatic carbocycles. The highest BCUT2D eigenvalue weighted by Gasteiger charge is 2.24. The largest absolute Gasteiger partial charge is 0.387 e. The summed E-state index contributed by atoms with van der Waals surface area (Å²) in [6.07, 6.45) is -0.530. The van der Waals surface area contributed by atoms with Gasteiger partial charge in [-0.2, -0.15) is 0 Å². The van der Waals surface area contributed by atoms with Crippen LogP contribution in [0.1, 0.15) is 21.8 Å². The lowest BCUT2D eigenvalue weighted by molar-refractivity contribution is 0.152. The molecule has 2 aromatic rings. The molecule has 0 saturated heterocycles. The van der Waals surface area contributed by atoms with Crippen molar-refractivity contribution in [3.8, 4) is 0 Å². The molecule has 2 rings (SSSR count). The minimum atomic E-state index is -0.530. The standard InChI is InChI=1S/C11H12BrNOS2/c12-8-3-5-16-11(8)10(14)7(6-13)9-2-1-4-15-9/h1-5,7,10,14H,6,13H2. The average Bonchev–Trinajstić information content (AvgIpc) is 2.90. The van der Waals surface area contributed by atoms with Crippen molar-refractivity contribution in [3.63, 3.8) is 0 Å². The molecule has 0 saturated carbocycles. The third-order valence-corrected chi connectivity index (χ3v) is 5.40. The summed E-state index contributed by atoms with van der Waals surface area (Å²) >= 11 is 6.63. The molecule has 2 atom stereocenters. The molecule has 16 heavy (non-hydrogen) atoms. The summed E-state index contributed by atoms with van der Waals surface area (Å²) in [5.41, 5.74) is 5.76. The summed E-state index contributed by atoms with van der Waals surface area (Å²) in [6, 6.07) is 5.96. The number of hydrogen-bond donors (Lipinski definition) is 2. The zero-order valence-corrected chi connectivity index (χ0v) is 11.7. The fourth-order valence-corrected chi connectivity index (χ4v) is 4.13. The van der Waals surface area contributed by atoms with E-state index >= 15 is 0 Å². The van der Waals surface area contributed by atoms with Crippen LogP contribution in [0.2, 0.25) is 0 Å². The van der Waals surface area contributed by atoms with Crippen LogP contribution in [0.3, 0.4) is 0 Å². The molecule has 2 unspecified atom stereocenters. The first kappa shape index (κ1) is 12.3. The summed E-state index contributed by atoms with van der Waals surface area (Å²) in [5.74, 6) is -0.0186. The Labute approximate surface area is 111 Å². The molecule has 0 radical (unpaired) electrons. The SMILES string of the molecule is NCC(c1cccs1)C(O)c1sccc1Br. The number of nitrogens with two attached hydrogens (primary N) is 1. The van der Waals surface area contributed by atoms with Crippen LogP contribution in [0.4, 0.5) is 0 Å². The maximum absolute atomic E-state index is 10.3. The predicted octanol–water partition coefficient (Wildman–Crippen LogP) is 3.35. The monoisotopic (exact) mass is 317 g/mol. The molecule has 0 fully saturated rings. The van der Waals surface area contributed by atoms with Gasteiger partial charge in [0.05, 0.1) is 6.10 Å². The van der Waals surface area contributed by atoms with Crippen LogP contribution in [0.15, 0.2) is 33.4 Å². The van der Waals surface area contributed by atoms with Crippen LogP contribution in [0.25, 0.3) is 0 Å². The Morgan fingerprint density at radius 1 is 1.31 bits per heavy atom. The molecule has 0 aromatic carbocycles. The van der Waals surface area contributed by atoms with E-state index in [1.54, 1.807) is 22.7 Å². The Balaban J connectivity index is 2.26. The first-order valence-corrected chi connectivity index (χ1v) is 7.43. The summed E-state index contributed by atoms with van der Waals surface area (Å²) in [7, 11) is 0. The van der Waals surface area contributed by atoms with Crippen molar-refractivity contribution >= 4 is 38.6 Å². The van der Waals surface area contributed by atoms with E-state index in [9.17, 15) is 5.11 Å². The van der Waals surface area contributed by atoms with Gasteiger partial charge < -0.3 is 10.8 Å². The number of hydrogen-bond acceptors (Lipinski definition) is 4. The van der Waals surface area contributed by atoms with Gasteiger partial charge >= 0.3 is 0 Å². The van der Waals surface area contributed by atoms with Gasteiger partial charge in [0.1, 0.15) is 0 Å². The molecule has 0 spiro atoms. The van der Waals surface area contributed by atoms with Crippen LogP contribution in [-0.4, -0.2) is 11.7 Å². The van der Waals surface area contributed by atoms with E-state index in [1.807, 2.05) is 29.0 Å². The zero-order chi connectivity index (χ0) is 11.5. The van der Waals surface area contributed by atoms with E-state index in [-0.39, 0.29) is 5.92 Å². The van der Waals surface area contributed by atoms with Crippen molar-refractivity contribution < 1.29 is 5.11 Å². The van der Waals surface area contributed by atoms with Crippen molar-refractivity contribution in [1.82, 2.24) is 0 Å². The third-order valence-electron chi connectivity index (χ3n) is 2.46. The van der Waals surface area contributed by atoms with Gasteiger partial charge in [-0.3, -0.25) is 0 Å². The molecule has 0 aliphatic rings. The Bertz CT molecular complexity index is 441. The molecule has 0 bridgehead atoms. The maximum atomic E-state index is 10.3. The molecule has 2 aromatic heterocycles. The van der Waals surface area contributed by atoms with E-state index in [4.69, 9.17) is 5.73 Å². The highest BCUT2D eigenvalue weighted by molar-refractivity contribution is 9.10. The number of aliphatic hydroxyl groups excluding tert-OH is 1. The minimum Gasteiger partial charge on any atom is -0.387 e. The molecule has 3 N–H and O–H groups in total. The average molecular weight is 318 g/mol. The van der Waals surface area contributed by atoms with Gasteiger partial charge in [-0.1, -0.05) is 6.07 Å². The number of thiophene rings is 2. The second kappa shape index (κ2) is 5.42. The Hall–Kier alpha value is -0.200. The Morgan fingerprint density at radius 2 is 2.12 bits per heavy atom. The minimum absolute atomic E-state index is 0.0186. The molecule has 0 aliphatic heterocycles. The van der Waals surface area contributed by atoms with Gasteiger partial charge in [0, 0.05) is 26.7 Å². The number of rotatable bonds is 4. The van der Waals surface area contributed by atoms with Crippen molar-refractivity contribution in [2.75, 3.05) is 6.54 Å². The van der Waals surface area contributed by atoms with Crippen LogP contribution < -0.4 is 5.73 Å². The lowest BCUT2D eigenvalue weighted by atomic mass is 9.99. The van der Waals surface area contributed by atoms with E-state index in [0.29, 0.717) is 6.54 Å². The second-order valence-electron chi connectivity index (χ2n) is 3.44. The summed E-state index contributed by atoms with van der Waals surface area (Å²) < 4.78 is 0.958. The van der Waals surface area contributed by atoms with Gasteiger partial charge in [0.15, 0.2) is 0 Å². The molecular weight excluding hydrogens is 306 g/mol. The van der Waals surface area contributed by atoms with Crippen molar-refractivity contribution in [1.29, 1.82) is 0 Å². The first-order valence-electron chi connectivity index (χ1n) is 4.88. The molecule has 86 valence electrons. The smallest absolute Gasteiger partial charge is 0.0981 e. The van der Waals surface area contributed by atoms with Crippen LogP contribution >= 0.6 is 38.6 Å². The van der Waals surface area contributed by atoms with Gasteiger partial charge in [-0.05, 0) is 38.8 Å². The Kier molecular flexibility index (Phi) is 4.16. The fourth-order valence-electron chi connectivity index (χ4n) is 1.60. The van der Waals surface area contributed by atoms with Crippen molar-refractivity contribution in [2.24, 2.45) is 5.73 Å². The summed E-state index contributed by atoms with van der Waals surface area (Å²) in [4.78, 5) is 2.08. The van der Waals surface area contributed by atoms with Gasteiger partial charge in [-0.15, -0.1) is 22.7 Å².